The van der Waals surface area contributed by atoms with Crippen LogP contribution in [0.1, 0.15) is 16.7 Å². The Morgan fingerprint density at radius 1 is 1.26 bits per heavy atom. The van der Waals surface area contributed by atoms with E-state index >= 15 is 0 Å². The van der Waals surface area contributed by atoms with Crippen LogP contribution in [-0.2, 0) is 19.8 Å². The Kier molecular flexibility index (Phi) is 5.98. The molecule has 0 fully saturated rings. The summed E-state index contributed by atoms with van der Waals surface area (Å²) in [7, 11) is 2.08. The van der Waals surface area contributed by atoms with Crippen molar-refractivity contribution in [1.29, 1.82) is 0 Å². The number of hydrogen-bond acceptors (Lipinski definition) is 4. The van der Waals surface area contributed by atoms with Crippen LogP contribution in [0, 0.1) is 18.6 Å². The zero-order chi connectivity index (χ0) is 19.4. The highest BCUT2D eigenvalue weighted by Crippen LogP contribution is 2.18. The molecule has 0 radical (unpaired) electrons. The molecule has 2 aromatic heterocycles. The van der Waals surface area contributed by atoms with E-state index in [0.29, 0.717) is 18.0 Å². The van der Waals surface area contributed by atoms with E-state index in [2.05, 4.69) is 55.6 Å². The normalized spacial score (nSPS) is 11.1. The van der Waals surface area contributed by atoms with Crippen LogP contribution in [0.15, 0.2) is 55.4 Å². The first kappa shape index (κ1) is 19.2. The molecule has 0 N–H and O–H groups in total. The standard InChI is InChI=1S/C21H25N5S/c1-5-11-25-20(18-7-6-10-22-13-18)23-26(21(25)27)15-24(4)14-19-9-8-16(2)12-17(19)3/h5-10,12-13H,1,11,14-15H2,2-4H3. The summed E-state index contributed by atoms with van der Waals surface area (Å²) in [6, 6.07) is 10.5. The predicted octanol–water partition coefficient (Wildman–Crippen LogP) is 4.37. The molecular formula is C21H25N5S. The first-order valence-electron chi connectivity index (χ1n) is 8.93. The smallest absolute Gasteiger partial charge is 0.199 e. The van der Waals surface area contributed by atoms with Gasteiger partial charge in [0, 0.05) is 31.0 Å². The molecule has 3 rings (SSSR count). The number of rotatable bonds is 7. The SMILES string of the molecule is C=CCn1c(-c2cccnc2)nn(CN(C)Cc2ccc(C)cc2C)c1=S. The second-order valence-corrected chi connectivity index (χ2v) is 7.20. The highest BCUT2D eigenvalue weighted by molar-refractivity contribution is 7.71. The average molecular weight is 380 g/mol. The van der Waals surface area contributed by atoms with Crippen molar-refractivity contribution >= 4 is 12.2 Å². The van der Waals surface area contributed by atoms with Crippen molar-refractivity contribution in [3.05, 3.63) is 76.8 Å². The van der Waals surface area contributed by atoms with E-state index < -0.39 is 0 Å². The van der Waals surface area contributed by atoms with E-state index in [9.17, 15) is 0 Å². The van der Waals surface area contributed by atoms with E-state index in [-0.39, 0.29) is 0 Å². The Morgan fingerprint density at radius 3 is 2.74 bits per heavy atom. The van der Waals surface area contributed by atoms with Gasteiger partial charge in [-0.25, -0.2) is 4.68 Å². The van der Waals surface area contributed by atoms with Crippen LogP contribution in [0.5, 0.6) is 0 Å². The zero-order valence-corrected chi connectivity index (χ0v) is 16.9. The Labute approximate surface area is 165 Å². The van der Waals surface area contributed by atoms with Gasteiger partial charge in [0.05, 0.1) is 6.67 Å². The van der Waals surface area contributed by atoms with Crippen molar-refractivity contribution in [1.82, 2.24) is 24.2 Å². The quantitative estimate of drug-likeness (QED) is 0.451. The van der Waals surface area contributed by atoms with Crippen LogP contribution in [0.4, 0.5) is 0 Å². The summed E-state index contributed by atoms with van der Waals surface area (Å²) in [6.07, 6.45) is 5.39. The molecule has 0 unspecified atom stereocenters. The molecule has 2 heterocycles. The molecule has 0 spiro atoms. The number of hydrogen-bond donors (Lipinski definition) is 0. The maximum absolute atomic E-state index is 5.67. The van der Waals surface area contributed by atoms with Crippen molar-refractivity contribution in [3.63, 3.8) is 0 Å². The highest BCUT2D eigenvalue weighted by atomic mass is 32.1. The molecule has 0 bridgehead atoms. The van der Waals surface area contributed by atoms with E-state index in [1.807, 2.05) is 27.5 Å². The van der Waals surface area contributed by atoms with Crippen molar-refractivity contribution in [2.24, 2.45) is 0 Å². The number of allylic oxidation sites excluding steroid dienone is 1. The molecule has 5 nitrogen and oxygen atoms in total. The maximum atomic E-state index is 5.67. The highest BCUT2D eigenvalue weighted by Gasteiger charge is 2.13. The lowest BCUT2D eigenvalue weighted by Gasteiger charge is -2.18. The van der Waals surface area contributed by atoms with E-state index in [0.717, 1.165) is 17.9 Å². The fraction of sp³-hybridized carbons (Fsp3) is 0.286. The predicted molar refractivity (Wildman–Crippen MR) is 112 cm³/mol. The van der Waals surface area contributed by atoms with Gasteiger partial charge < -0.3 is 0 Å². The topological polar surface area (TPSA) is 38.9 Å². The summed E-state index contributed by atoms with van der Waals surface area (Å²) in [5.41, 5.74) is 4.85. The van der Waals surface area contributed by atoms with Crippen molar-refractivity contribution < 1.29 is 0 Å². The molecule has 140 valence electrons. The fourth-order valence-electron chi connectivity index (χ4n) is 3.13. The van der Waals surface area contributed by atoms with Gasteiger partial charge in [-0.3, -0.25) is 14.5 Å². The summed E-state index contributed by atoms with van der Waals surface area (Å²) in [5, 5.41) is 4.76. The Balaban J connectivity index is 1.86. The number of aromatic nitrogens is 4. The second kappa shape index (κ2) is 8.41. The monoisotopic (exact) mass is 379 g/mol. The lowest BCUT2D eigenvalue weighted by molar-refractivity contribution is 0.243. The first-order chi connectivity index (χ1) is 13.0. The molecule has 0 amide bonds. The summed E-state index contributed by atoms with van der Waals surface area (Å²) < 4.78 is 4.54. The lowest BCUT2D eigenvalue weighted by Crippen LogP contribution is -2.23. The van der Waals surface area contributed by atoms with E-state index in [4.69, 9.17) is 17.3 Å². The van der Waals surface area contributed by atoms with Crippen molar-refractivity contribution in [2.75, 3.05) is 7.05 Å². The molecule has 0 aliphatic heterocycles. The third-order valence-corrected chi connectivity index (χ3v) is 4.90. The molecule has 3 aromatic rings. The average Bonchev–Trinajstić information content (AvgIpc) is 2.95. The molecule has 0 saturated carbocycles. The minimum absolute atomic E-state index is 0.615. The van der Waals surface area contributed by atoms with Crippen LogP contribution in [0.2, 0.25) is 0 Å². The van der Waals surface area contributed by atoms with Gasteiger partial charge in [-0.2, -0.15) is 5.10 Å². The Morgan fingerprint density at radius 2 is 2.07 bits per heavy atom. The summed E-state index contributed by atoms with van der Waals surface area (Å²) in [5.74, 6) is 0.813. The number of nitrogens with zero attached hydrogens (tertiary/aromatic N) is 5. The molecule has 0 atom stereocenters. The summed E-state index contributed by atoms with van der Waals surface area (Å²) >= 11 is 5.67. The Hall–Kier alpha value is -2.57. The molecule has 0 saturated heterocycles. The van der Waals surface area contributed by atoms with Gasteiger partial charge in [0.1, 0.15) is 0 Å². The van der Waals surface area contributed by atoms with Crippen molar-refractivity contribution in [2.45, 2.75) is 33.6 Å². The van der Waals surface area contributed by atoms with Crippen LogP contribution in [-0.4, -0.2) is 31.3 Å². The fourth-order valence-corrected chi connectivity index (χ4v) is 3.39. The molecule has 27 heavy (non-hydrogen) atoms. The summed E-state index contributed by atoms with van der Waals surface area (Å²) in [6.45, 7) is 10.2. The van der Waals surface area contributed by atoms with Crippen molar-refractivity contribution in [3.8, 4) is 11.4 Å². The number of benzene rings is 1. The lowest BCUT2D eigenvalue weighted by atomic mass is 10.1. The first-order valence-corrected chi connectivity index (χ1v) is 9.34. The van der Waals surface area contributed by atoms with Crippen LogP contribution < -0.4 is 0 Å². The van der Waals surface area contributed by atoms with Gasteiger partial charge in [-0.15, -0.1) is 6.58 Å². The minimum atomic E-state index is 0.615. The number of aryl methyl sites for hydroxylation is 2. The summed E-state index contributed by atoms with van der Waals surface area (Å²) in [4.78, 5) is 6.42. The Bertz CT molecular complexity index is 988. The van der Waals surface area contributed by atoms with Gasteiger partial charge in [-0.1, -0.05) is 29.8 Å². The molecule has 0 aliphatic rings. The maximum Gasteiger partial charge on any atom is 0.199 e. The minimum Gasteiger partial charge on any atom is -0.296 e. The van der Waals surface area contributed by atoms with Gasteiger partial charge in [0.25, 0.3) is 0 Å². The van der Waals surface area contributed by atoms with Gasteiger partial charge in [-0.05, 0) is 56.4 Å². The second-order valence-electron chi connectivity index (χ2n) is 6.83. The van der Waals surface area contributed by atoms with E-state index in [1.165, 1.54) is 16.7 Å². The zero-order valence-electron chi connectivity index (χ0n) is 16.1. The van der Waals surface area contributed by atoms with Gasteiger partial charge in [0.15, 0.2) is 10.6 Å². The molecule has 6 heteroatoms. The third-order valence-electron chi connectivity index (χ3n) is 4.47. The molecule has 0 aliphatic carbocycles. The van der Waals surface area contributed by atoms with Crippen LogP contribution >= 0.6 is 12.2 Å². The third kappa shape index (κ3) is 4.40. The van der Waals surface area contributed by atoms with E-state index in [1.54, 1.807) is 12.4 Å². The van der Waals surface area contributed by atoms with Gasteiger partial charge >= 0.3 is 0 Å². The molecule has 1 aromatic carbocycles. The number of pyridine rings is 1. The van der Waals surface area contributed by atoms with Crippen LogP contribution in [0.25, 0.3) is 11.4 Å². The van der Waals surface area contributed by atoms with Crippen LogP contribution in [0.3, 0.4) is 0 Å². The largest absolute Gasteiger partial charge is 0.296 e. The molecular weight excluding hydrogens is 354 g/mol. The van der Waals surface area contributed by atoms with Gasteiger partial charge in [0.2, 0.25) is 0 Å².